The van der Waals surface area contributed by atoms with Crippen molar-refractivity contribution in [1.29, 1.82) is 0 Å². The summed E-state index contributed by atoms with van der Waals surface area (Å²) in [5.74, 6) is -0.449. The maximum atomic E-state index is 13.7. The Balaban J connectivity index is 1.95. The van der Waals surface area contributed by atoms with E-state index in [9.17, 15) is 35.5 Å². The van der Waals surface area contributed by atoms with E-state index in [-0.39, 0.29) is 24.2 Å². The summed E-state index contributed by atoms with van der Waals surface area (Å²) in [5, 5.41) is 0. The van der Waals surface area contributed by atoms with Crippen molar-refractivity contribution >= 4 is 6.03 Å². The number of halogens is 7. The van der Waals surface area contributed by atoms with Crippen LogP contribution >= 0.6 is 0 Å². The lowest BCUT2D eigenvalue weighted by Crippen LogP contribution is -2.58. The van der Waals surface area contributed by atoms with E-state index in [4.69, 9.17) is 5.73 Å². The van der Waals surface area contributed by atoms with Crippen LogP contribution in [0.3, 0.4) is 0 Å². The highest BCUT2D eigenvalue weighted by Gasteiger charge is 2.43. The SMILES string of the molecule is Cc1cc(F)ccc1C1(C)CC(N)CCN1C(=O)N(C)Cc1cc(C(F)(F)F)cc(C(F)(F)F)c1. The van der Waals surface area contributed by atoms with Gasteiger partial charge in [0.2, 0.25) is 0 Å². The first-order valence-electron chi connectivity index (χ1n) is 10.9. The number of rotatable bonds is 3. The summed E-state index contributed by atoms with van der Waals surface area (Å²) < 4.78 is 93.0. The van der Waals surface area contributed by atoms with E-state index in [0.717, 1.165) is 4.90 Å². The second-order valence-electron chi connectivity index (χ2n) is 9.19. The molecule has 0 aromatic heterocycles. The maximum Gasteiger partial charge on any atom is 0.416 e. The molecule has 2 N–H and O–H groups in total. The Labute approximate surface area is 198 Å². The number of hydrogen-bond donors (Lipinski definition) is 1. The van der Waals surface area contributed by atoms with Crippen LogP contribution < -0.4 is 5.73 Å². The van der Waals surface area contributed by atoms with Crippen LogP contribution in [0.1, 0.15) is 47.6 Å². The predicted molar refractivity (Wildman–Crippen MR) is 116 cm³/mol. The van der Waals surface area contributed by atoms with E-state index in [1.807, 2.05) is 0 Å². The van der Waals surface area contributed by atoms with Gasteiger partial charge in [-0.15, -0.1) is 0 Å². The van der Waals surface area contributed by atoms with Gasteiger partial charge < -0.3 is 15.5 Å². The molecule has 0 bridgehead atoms. The van der Waals surface area contributed by atoms with Crippen molar-refractivity contribution in [2.24, 2.45) is 5.73 Å². The highest BCUT2D eigenvalue weighted by molar-refractivity contribution is 5.75. The van der Waals surface area contributed by atoms with E-state index in [2.05, 4.69) is 0 Å². The summed E-state index contributed by atoms with van der Waals surface area (Å²) in [6.45, 7) is 3.20. The zero-order valence-corrected chi connectivity index (χ0v) is 19.4. The van der Waals surface area contributed by atoms with Crippen LogP contribution in [0.4, 0.5) is 35.5 Å². The molecular weight excluding hydrogens is 479 g/mol. The number of hydrogen-bond acceptors (Lipinski definition) is 2. The Bertz CT molecular complexity index is 1070. The summed E-state index contributed by atoms with van der Waals surface area (Å²) in [7, 11) is 1.31. The fourth-order valence-corrected chi connectivity index (χ4v) is 4.72. The van der Waals surface area contributed by atoms with Gasteiger partial charge in [-0.25, -0.2) is 9.18 Å². The van der Waals surface area contributed by atoms with Crippen LogP contribution in [0.15, 0.2) is 36.4 Å². The van der Waals surface area contributed by atoms with Gasteiger partial charge in [-0.3, -0.25) is 0 Å². The Hall–Kier alpha value is -2.82. The predicted octanol–water partition coefficient (Wildman–Crippen LogP) is 6.06. The van der Waals surface area contributed by atoms with Gasteiger partial charge in [0.25, 0.3) is 0 Å². The highest BCUT2D eigenvalue weighted by atomic mass is 19.4. The largest absolute Gasteiger partial charge is 0.416 e. The van der Waals surface area contributed by atoms with Crippen molar-refractivity contribution in [2.75, 3.05) is 13.6 Å². The van der Waals surface area contributed by atoms with E-state index < -0.39 is 47.4 Å². The van der Waals surface area contributed by atoms with E-state index >= 15 is 0 Å². The lowest BCUT2D eigenvalue weighted by Gasteiger charge is -2.49. The molecule has 192 valence electrons. The molecule has 0 radical (unpaired) electrons. The molecule has 2 unspecified atom stereocenters. The third-order valence-electron chi connectivity index (χ3n) is 6.37. The molecule has 0 aliphatic carbocycles. The summed E-state index contributed by atoms with van der Waals surface area (Å²) in [5.41, 5.74) is 3.27. The van der Waals surface area contributed by atoms with Gasteiger partial charge in [0, 0.05) is 26.2 Å². The Kier molecular flexibility index (Phi) is 7.14. The number of alkyl halides is 6. The topological polar surface area (TPSA) is 49.6 Å². The molecule has 4 nitrogen and oxygen atoms in total. The average Bonchev–Trinajstić information content (AvgIpc) is 2.71. The molecule has 2 amide bonds. The van der Waals surface area contributed by atoms with Crippen LogP contribution in [-0.2, 0) is 24.4 Å². The van der Waals surface area contributed by atoms with Gasteiger partial charge in [0.15, 0.2) is 0 Å². The number of amides is 2. The summed E-state index contributed by atoms with van der Waals surface area (Å²) in [6, 6.07) is 4.57. The van der Waals surface area contributed by atoms with Crippen molar-refractivity contribution in [3.05, 3.63) is 70.0 Å². The number of nitrogens with two attached hydrogens (primary N) is 1. The normalized spacial score (nSPS) is 21.2. The third-order valence-corrected chi connectivity index (χ3v) is 6.37. The molecule has 2 atom stereocenters. The Morgan fingerprint density at radius 3 is 2.17 bits per heavy atom. The summed E-state index contributed by atoms with van der Waals surface area (Å²) in [4.78, 5) is 16.0. The van der Waals surface area contributed by atoms with Crippen molar-refractivity contribution in [3.63, 3.8) is 0 Å². The number of urea groups is 1. The van der Waals surface area contributed by atoms with Gasteiger partial charge in [0.1, 0.15) is 5.82 Å². The quantitative estimate of drug-likeness (QED) is 0.516. The third kappa shape index (κ3) is 5.71. The minimum atomic E-state index is -4.99. The first-order valence-corrected chi connectivity index (χ1v) is 10.9. The number of benzene rings is 2. The van der Waals surface area contributed by atoms with Crippen molar-refractivity contribution in [1.82, 2.24) is 9.80 Å². The van der Waals surface area contributed by atoms with Crippen LogP contribution in [0.25, 0.3) is 0 Å². The molecule has 11 heteroatoms. The van der Waals surface area contributed by atoms with E-state index in [1.165, 1.54) is 24.1 Å². The first-order chi connectivity index (χ1) is 16.0. The lowest BCUT2D eigenvalue weighted by molar-refractivity contribution is -0.143. The second kappa shape index (κ2) is 9.33. The van der Waals surface area contributed by atoms with Crippen molar-refractivity contribution in [3.8, 4) is 0 Å². The zero-order chi connectivity index (χ0) is 26.3. The molecule has 2 aromatic carbocycles. The standard InChI is InChI=1S/C24H26F7N3O/c1-14-8-18(25)4-5-20(14)22(2)12-19(32)6-7-34(22)21(35)33(3)13-15-9-16(23(26,27)28)11-17(10-15)24(29,30)31/h4-5,8-11,19H,6-7,12-13,32H2,1-3H3. The molecule has 3 rings (SSSR count). The summed E-state index contributed by atoms with van der Waals surface area (Å²) in [6.07, 6.45) is -9.17. The van der Waals surface area contributed by atoms with E-state index in [0.29, 0.717) is 36.1 Å². The fraction of sp³-hybridized carbons (Fsp3) is 0.458. The molecule has 1 aliphatic rings. The lowest BCUT2D eigenvalue weighted by atomic mass is 9.78. The minimum Gasteiger partial charge on any atom is -0.328 e. The number of likely N-dealkylation sites (tertiary alicyclic amines) is 1. The highest BCUT2D eigenvalue weighted by Crippen LogP contribution is 2.40. The number of aryl methyl sites for hydroxylation is 1. The molecule has 2 aromatic rings. The number of carbonyl (C=O) groups excluding carboxylic acids is 1. The van der Waals surface area contributed by atoms with Gasteiger partial charge >= 0.3 is 18.4 Å². The second-order valence-corrected chi connectivity index (χ2v) is 9.19. The van der Waals surface area contributed by atoms with Crippen LogP contribution in [-0.4, -0.2) is 35.5 Å². The number of piperidine rings is 1. The zero-order valence-electron chi connectivity index (χ0n) is 19.4. The number of carbonyl (C=O) groups is 1. The smallest absolute Gasteiger partial charge is 0.328 e. The first kappa shape index (κ1) is 26.8. The molecule has 1 aliphatic heterocycles. The fourth-order valence-electron chi connectivity index (χ4n) is 4.72. The molecule has 0 spiro atoms. The van der Waals surface area contributed by atoms with Gasteiger partial charge in [-0.2, -0.15) is 26.3 Å². The molecule has 1 saturated heterocycles. The van der Waals surface area contributed by atoms with Crippen LogP contribution in [0, 0.1) is 12.7 Å². The van der Waals surface area contributed by atoms with Gasteiger partial charge in [-0.1, -0.05) is 6.07 Å². The van der Waals surface area contributed by atoms with Crippen LogP contribution in [0.2, 0.25) is 0 Å². The monoisotopic (exact) mass is 505 g/mol. The van der Waals surface area contributed by atoms with Crippen molar-refractivity contribution < 1.29 is 35.5 Å². The van der Waals surface area contributed by atoms with Gasteiger partial charge in [-0.05, 0) is 73.7 Å². The molecule has 1 heterocycles. The Morgan fingerprint density at radius 2 is 1.66 bits per heavy atom. The molecule has 35 heavy (non-hydrogen) atoms. The minimum absolute atomic E-state index is 0.0473. The molecule has 1 fully saturated rings. The Morgan fingerprint density at radius 1 is 1.09 bits per heavy atom. The molecule has 0 saturated carbocycles. The molecular formula is C24H26F7N3O. The van der Waals surface area contributed by atoms with Gasteiger partial charge in [0.05, 0.1) is 16.7 Å². The van der Waals surface area contributed by atoms with Crippen molar-refractivity contribution in [2.45, 2.75) is 57.2 Å². The average molecular weight is 505 g/mol. The summed E-state index contributed by atoms with van der Waals surface area (Å²) >= 11 is 0. The number of nitrogens with zero attached hydrogens (tertiary/aromatic N) is 2. The van der Waals surface area contributed by atoms with Crippen LogP contribution in [0.5, 0.6) is 0 Å². The maximum absolute atomic E-state index is 13.7. The van der Waals surface area contributed by atoms with E-state index in [1.54, 1.807) is 19.9 Å².